The monoisotopic (exact) mass is 282 g/mol. The van der Waals surface area contributed by atoms with E-state index in [1.165, 1.54) is 15.3 Å². The molecule has 0 radical (unpaired) electrons. The molecule has 20 heavy (non-hydrogen) atoms. The first kappa shape index (κ1) is 11.7. The van der Waals surface area contributed by atoms with E-state index in [2.05, 4.69) is 52.6 Å². The van der Waals surface area contributed by atoms with E-state index in [0.29, 0.717) is 5.96 Å². The molecule has 0 saturated carbocycles. The molecule has 2 aliphatic rings. The van der Waals surface area contributed by atoms with Crippen LogP contribution in [0.5, 0.6) is 0 Å². The molecule has 1 aromatic carbocycles. The first-order valence-corrected chi connectivity index (χ1v) is 7.38. The molecule has 2 aromatic rings. The van der Waals surface area contributed by atoms with Gasteiger partial charge in [-0.3, -0.25) is 0 Å². The normalized spacial score (nSPS) is 23.4. The number of hydrogen-bond acceptors (Lipinski definition) is 5. The Bertz CT molecular complexity index is 744. The van der Waals surface area contributed by atoms with Crippen molar-refractivity contribution in [2.75, 3.05) is 5.32 Å². The van der Waals surface area contributed by atoms with Crippen molar-refractivity contribution in [2.45, 2.75) is 18.9 Å². The molecular formula is C15H14N4S. The summed E-state index contributed by atoms with van der Waals surface area (Å²) >= 11 is 1.77. The summed E-state index contributed by atoms with van der Waals surface area (Å²) < 4.78 is 0. The number of fused-ring (bicyclic) bond motifs is 3. The number of thiophene rings is 1. The second kappa shape index (κ2) is 4.18. The van der Waals surface area contributed by atoms with Gasteiger partial charge >= 0.3 is 0 Å². The van der Waals surface area contributed by atoms with Crippen LogP contribution >= 0.6 is 11.3 Å². The fourth-order valence-electron chi connectivity index (χ4n) is 2.87. The van der Waals surface area contributed by atoms with E-state index in [4.69, 9.17) is 5.73 Å². The molecule has 3 heterocycles. The van der Waals surface area contributed by atoms with Gasteiger partial charge in [0.1, 0.15) is 11.9 Å². The van der Waals surface area contributed by atoms with E-state index >= 15 is 0 Å². The molecule has 0 saturated heterocycles. The number of aliphatic imine (C=N–C) groups is 2. The summed E-state index contributed by atoms with van der Waals surface area (Å²) in [6, 6.07) is 12.6. The Balaban J connectivity index is 1.85. The molecule has 0 bridgehead atoms. The zero-order valence-electron chi connectivity index (χ0n) is 11.0. The van der Waals surface area contributed by atoms with Gasteiger partial charge in [-0.15, -0.1) is 11.3 Å². The lowest BCUT2D eigenvalue weighted by Gasteiger charge is -2.23. The van der Waals surface area contributed by atoms with Gasteiger partial charge in [0.05, 0.1) is 5.92 Å². The van der Waals surface area contributed by atoms with Crippen molar-refractivity contribution < 1.29 is 0 Å². The molecule has 5 heteroatoms. The standard InChI is InChI=1S/C15H14N4S/c1-8-6-7-11(20-8)13-12-9-4-2-3-5-10(9)17-14(12)19-15(16)18-13/h2-7,12-13H,1H3,(H3,16,17,18,19)/t12-,13-/m1/s1. The number of nitrogens with two attached hydrogens (primary N) is 1. The van der Waals surface area contributed by atoms with Gasteiger partial charge in [-0.25, -0.2) is 4.99 Å². The molecule has 2 atom stereocenters. The third-order valence-corrected chi connectivity index (χ3v) is 4.80. The maximum Gasteiger partial charge on any atom is 0.217 e. The summed E-state index contributed by atoms with van der Waals surface area (Å²) in [7, 11) is 0. The van der Waals surface area contributed by atoms with E-state index in [-0.39, 0.29) is 12.0 Å². The van der Waals surface area contributed by atoms with Crippen molar-refractivity contribution in [2.24, 2.45) is 15.7 Å². The lowest BCUT2D eigenvalue weighted by Crippen LogP contribution is -2.28. The van der Waals surface area contributed by atoms with Crippen molar-refractivity contribution in [3.05, 3.63) is 51.7 Å². The average Bonchev–Trinajstić information content (AvgIpc) is 3.00. The van der Waals surface area contributed by atoms with Crippen LogP contribution < -0.4 is 11.1 Å². The Morgan fingerprint density at radius 1 is 1.20 bits per heavy atom. The van der Waals surface area contributed by atoms with E-state index < -0.39 is 0 Å². The topological polar surface area (TPSA) is 62.8 Å². The molecule has 1 aromatic heterocycles. The lowest BCUT2D eigenvalue weighted by molar-refractivity contribution is 0.685. The van der Waals surface area contributed by atoms with Gasteiger partial charge in [-0.05, 0) is 30.7 Å². The van der Waals surface area contributed by atoms with Gasteiger partial charge in [0, 0.05) is 15.4 Å². The molecule has 2 aliphatic heterocycles. The van der Waals surface area contributed by atoms with Crippen LogP contribution in [0.2, 0.25) is 0 Å². The van der Waals surface area contributed by atoms with Crippen LogP contribution in [0, 0.1) is 6.92 Å². The van der Waals surface area contributed by atoms with Crippen LogP contribution in [-0.4, -0.2) is 11.8 Å². The summed E-state index contributed by atoms with van der Waals surface area (Å²) in [6.07, 6.45) is 0. The Hall–Kier alpha value is -2.14. The minimum absolute atomic E-state index is 0.0253. The maximum atomic E-state index is 5.89. The number of nitrogens with one attached hydrogen (secondary N) is 1. The number of rotatable bonds is 1. The summed E-state index contributed by atoms with van der Waals surface area (Å²) in [5.74, 6) is 1.42. The molecule has 100 valence electrons. The van der Waals surface area contributed by atoms with E-state index in [9.17, 15) is 0 Å². The van der Waals surface area contributed by atoms with Crippen LogP contribution in [0.4, 0.5) is 5.69 Å². The third-order valence-electron chi connectivity index (χ3n) is 3.73. The smallest absolute Gasteiger partial charge is 0.217 e. The Morgan fingerprint density at radius 2 is 2.05 bits per heavy atom. The van der Waals surface area contributed by atoms with Gasteiger partial charge < -0.3 is 11.1 Å². The number of benzene rings is 1. The van der Waals surface area contributed by atoms with Crippen molar-refractivity contribution in [1.82, 2.24) is 0 Å². The quantitative estimate of drug-likeness (QED) is 0.844. The molecule has 0 aliphatic carbocycles. The predicted molar refractivity (Wildman–Crippen MR) is 83.7 cm³/mol. The number of nitrogens with zero attached hydrogens (tertiary/aromatic N) is 2. The molecule has 0 spiro atoms. The molecule has 0 fully saturated rings. The third kappa shape index (κ3) is 1.67. The SMILES string of the molecule is Cc1ccc([C@H]2N=C(N)N=C3Nc4ccccc4[C@@H]32)s1. The second-order valence-electron chi connectivity index (χ2n) is 5.07. The number of guanidine groups is 1. The van der Waals surface area contributed by atoms with Crippen LogP contribution in [-0.2, 0) is 0 Å². The van der Waals surface area contributed by atoms with Crippen molar-refractivity contribution >= 4 is 28.8 Å². The number of hydrogen-bond donors (Lipinski definition) is 2. The Morgan fingerprint density at radius 3 is 2.85 bits per heavy atom. The molecule has 4 rings (SSSR count). The fourth-order valence-corrected chi connectivity index (χ4v) is 3.83. The minimum Gasteiger partial charge on any atom is -0.368 e. The number of anilines is 1. The molecule has 3 N–H and O–H groups in total. The van der Waals surface area contributed by atoms with E-state index in [1.807, 2.05) is 6.07 Å². The number of amidine groups is 1. The van der Waals surface area contributed by atoms with Crippen LogP contribution in [0.25, 0.3) is 0 Å². The Kier molecular flexibility index (Phi) is 2.44. The zero-order valence-corrected chi connectivity index (χ0v) is 11.8. The average molecular weight is 282 g/mol. The van der Waals surface area contributed by atoms with E-state index in [1.54, 1.807) is 11.3 Å². The number of aryl methyl sites for hydroxylation is 1. The van der Waals surface area contributed by atoms with Crippen molar-refractivity contribution in [3.63, 3.8) is 0 Å². The van der Waals surface area contributed by atoms with Gasteiger partial charge in [-0.2, -0.15) is 4.99 Å². The first-order valence-electron chi connectivity index (χ1n) is 6.56. The summed E-state index contributed by atoms with van der Waals surface area (Å²) in [5, 5.41) is 3.37. The van der Waals surface area contributed by atoms with Gasteiger partial charge in [0.2, 0.25) is 5.96 Å². The molecular weight excluding hydrogens is 268 g/mol. The van der Waals surface area contributed by atoms with Gasteiger partial charge in [0.25, 0.3) is 0 Å². The van der Waals surface area contributed by atoms with Crippen molar-refractivity contribution in [3.8, 4) is 0 Å². The lowest BCUT2D eigenvalue weighted by atomic mass is 9.91. The molecule has 0 unspecified atom stereocenters. The summed E-state index contributed by atoms with van der Waals surface area (Å²) in [6.45, 7) is 2.11. The van der Waals surface area contributed by atoms with E-state index in [0.717, 1.165) is 11.5 Å². The van der Waals surface area contributed by atoms with Crippen LogP contribution in [0.3, 0.4) is 0 Å². The first-order chi connectivity index (χ1) is 9.72. The highest BCUT2D eigenvalue weighted by atomic mass is 32.1. The van der Waals surface area contributed by atoms with Crippen LogP contribution in [0.15, 0.2) is 46.4 Å². The fraction of sp³-hybridized carbons (Fsp3) is 0.200. The second-order valence-corrected chi connectivity index (χ2v) is 6.39. The zero-order chi connectivity index (χ0) is 13.7. The largest absolute Gasteiger partial charge is 0.368 e. The van der Waals surface area contributed by atoms with Crippen LogP contribution in [0.1, 0.15) is 27.3 Å². The van der Waals surface area contributed by atoms with Gasteiger partial charge in [0.15, 0.2) is 0 Å². The van der Waals surface area contributed by atoms with Crippen molar-refractivity contribution in [1.29, 1.82) is 0 Å². The minimum atomic E-state index is 0.0253. The highest BCUT2D eigenvalue weighted by Gasteiger charge is 2.39. The Labute approximate surface area is 121 Å². The maximum absolute atomic E-state index is 5.89. The highest BCUT2D eigenvalue weighted by Crippen LogP contribution is 2.46. The summed E-state index contributed by atoms with van der Waals surface area (Å²) in [4.78, 5) is 11.5. The number of para-hydroxylation sites is 1. The highest BCUT2D eigenvalue weighted by molar-refractivity contribution is 7.12. The molecule has 0 amide bonds. The molecule has 4 nitrogen and oxygen atoms in total. The summed E-state index contributed by atoms with van der Waals surface area (Å²) in [5.41, 5.74) is 8.25. The predicted octanol–water partition coefficient (Wildman–Crippen LogP) is 3.03. The van der Waals surface area contributed by atoms with Gasteiger partial charge in [-0.1, -0.05) is 18.2 Å².